The zero-order valence-electron chi connectivity index (χ0n) is 16.3. The Kier molecular flexibility index (Phi) is 6.01. The van der Waals surface area contributed by atoms with Crippen LogP contribution in [0.15, 0.2) is 90.0 Å². The van der Waals surface area contributed by atoms with Crippen LogP contribution < -0.4 is 10.2 Å². The van der Waals surface area contributed by atoms with Gasteiger partial charge in [0, 0.05) is 21.7 Å². The van der Waals surface area contributed by atoms with E-state index < -0.39 is 0 Å². The van der Waals surface area contributed by atoms with Crippen molar-refractivity contribution in [1.29, 1.82) is 0 Å². The van der Waals surface area contributed by atoms with Gasteiger partial charge >= 0.3 is 0 Å². The summed E-state index contributed by atoms with van der Waals surface area (Å²) in [5.74, 6) is 1.14. The fourth-order valence-electron chi connectivity index (χ4n) is 2.96. The molecular weight excluding hydrogens is 396 g/mol. The van der Waals surface area contributed by atoms with E-state index in [0.29, 0.717) is 11.0 Å². The standard InChI is InChI=1S/C24H19ClN4O/c1-30-23-10-6-5-9-19(23)16-26-29-24-27-21(17-7-3-2-4-8-17)15-22(28-24)18-11-13-20(25)14-12-18/h2-16H,1H3,(H,27,28,29)/b26-16+. The summed E-state index contributed by atoms with van der Waals surface area (Å²) in [6, 6.07) is 27.1. The quantitative estimate of drug-likeness (QED) is 0.314. The van der Waals surface area contributed by atoms with Gasteiger partial charge in [0.05, 0.1) is 24.7 Å². The molecule has 1 heterocycles. The highest BCUT2D eigenvalue weighted by atomic mass is 35.5. The molecule has 0 spiro atoms. The zero-order valence-corrected chi connectivity index (χ0v) is 17.0. The van der Waals surface area contributed by atoms with Crippen molar-refractivity contribution in [2.75, 3.05) is 12.5 Å². The highest BCUT2D eigenvalue weighted by Gasteiger charge is 2.08. The molecule has 0 saturated heterocycles. The lowest BCUT2D eigenvalue weighted by atomic mass is 10.1. The van der Waals surface area contributed by atoms with E-state index in [4.69, 9.17) is 16.3 Å². The number of para-hydroxylation sites is 1. The second-order valence-corrected chi connectivity index (χ2v) is 6.88. The number of halogens is 1. The Morgan fingerprint density at radius 2 is 1.47 bits per heavy atom. The van der Waals surface area contributed by atoms with Crippen LogP contribution in [0.25, 0.3) is 22.5 Å². The fourth-order valence-corrected chi connectivity index (χ4v) is 3.08. The predicted molar refractivity (Wildman–Crippen MR) is 122 cm³/mol. The summed E-state index contributed by atoms with van der Waals surface area (Å²) >= 11 is 6.03. The monoisotopic (exact) mass is 414 g/mol. The van der Waals surface area contributed by atoms with Gasteiger partial charge in [-0.2, -0.15) is 5.10 Å². The molecule has 4 rings (SSSR count). The molecule has 0 saturated carbocycles. The zero-order chi connectivity index (χ0) is 20.8. The smallest absolute Gasteiger partial charge is 0.244 e. The van der Waals surface area contributed by atoms with E-state index in [1.807, 2.05) is 84.9 Å². The van der Waals surface area contributed by atoms with Gasteiger partial charge in [0.15, 0.2) is 0 Å². The number of benzene rings is 3. The number of methoxy groups -OCH3 is 1. The average Bonchev–Trinajstić information content (AvgIpc) is 2.80. The third-order valence-corrected chi connectivity index (χ3v) is 4.69. The normalized spacial score (nSPS) is 10.9. The minimum atomic E-state index is 0.396. The maximum absolute atomic E-state index is 6.03. The molecule has 0 atom stereocenters. The van der Waals surface area contributed by atoms with Crippen molar-refractivity contribution < 1.29 is 4.74 Å². The first-order valence-electron chi connectivity index (χ1n) is 9.35. The van der Waals surface area contributed by atoms with E-state index in [1.54, 1.807) is 13.3 Å². The molecular formula is C24H19ClN4O. The van der Waals surface area contributed by atoms with E-state index in [9.17, 15) is 0 Å². The SMILES string of the molecule is COc1ccccc1/C=N/Nc1nc(-c2ccccc2)cc(-c2ccc(Cl)cc2)n1. The highest BCUT2D eigenvalue weighted by Crippen LogP contribution is 2.26. The summed E-state index contributed by atoms with van der Waals surface area (Å²) in [4.78, 5) is 9.25. The lowest BCUT2D eigenvalue weighted by Gasteiger charge is -2.09. The first-order valence-corrected chi connectivity index (χ1v) is 9.73. The Morgan fingerprint density at radius 1 is 0.833 bits per heavy atom. The number of nitrogens with zero attached hydrogens (tertiary/aromatic N) is 3. The molecule has 0 unspecified atom stereocenters. The van der Waals surface area contributed by atoms with Gasteiger partial charge in [0.2, 0.25) is 5.95 Å². The second kappa shape index (κ2) is 9.20. The number of nitrogens with one attached hydrogen (secondary N) is 1. The van der Waals surface area contributed by atoms with Gasteiger partial charge in [-0.05, 0) is 30.3 Å². The molecule has 148 valence electrons. The van der Waals surface area contributed by atoms with Gasteiger partial charge in [0.25, 0.3) is 0 Å². The molecule has 30 heavy (non-hydrogen) atoms. The number of ether oxygens (including phenoxy) is 1. The number of rotatable bonds is 6. The average molecular weight is 415 g/mol. The van der Waals surface area contributed by atoms with Gasteiger partial charge in [-0.15, -0.1) is 0 Å². The van der Waals surface area contributed by atoms with Crippen molar-refractivity contribution in [1.82, 2.24) is 9.97 Å². The van der Waals surface area contributed by atoms with Gasteiger partial charge in [-0.1, -0.05) is 66.2 Å². The van der Waals surface area contributed by atoms with Gasteiger partial charge in [0.1, 0.15) is 5.75 Å². The summed E-state index contributed by atoms with van der Waals surface area (Å²) < 4.78 is 5.35. The van der Waals surface area contributed by atoms with Crippen LogP contribution in [0.5, 0.6) is 5.75 Å². The van der Waals surface area contributed by atoms with E-state index in [2.05, 4.69) is 20.5 Å². The Morgan fingerprint density at radius 3 is 2.17 bits per heavy atom. The molecule has 6 heteroatoms. The van der Waals surface area contributed by atoms with Crippen molar-refractivity contribution >= 4 is 23.8 Å². The number of hydrogen-bond acceptors (Lipinski definition) is 5. The van der Waals surface area contributed by atoms with Crippen molar-refractivity contribution in [3.8, 4) is 28.3 Å². The van der Waals surface area contributed by atoms with E-state index in [0.717, 1.165) is 33.8 Å². The predicted octanol–water partition coefficient (Wildman–Crippen LogP) is 5.92. The Labute approximate surface area is 180 Å². The van der Waals surface area contributed by atoms with Crippen LogP contribution in [0.4, 0.5) is 5.95 Å². The lowest BCUT2D eigenvalue weighted by Crippen LogP contribution is -2.00. The molecule has 0 bridgehead atoms. The van der Waals surface area contributed by atoms with E-state index >= 15 is 0 Å². The van der Waals surface area contributed by atoms with Gasteiger partial charge in [-0.25, -0.2) is 15.4 Å². The van der Waals surface area contributed by atoms with E-state index in [-0.39, 0.29) is 0 Å². The maximum Gasteiger partial charge on any atom is 0.244 e. The number of hydrazone groups is 1. The minimum Gasteiger partial charge on any atom is -0.496 e. The molecule has 1 N–H and O–H groups in total. The highest BCUT2D eigenvalue weighted by molar-refractivity contribution is 6.30. The molecule has 1 aromatic heterocycles. The van der Waals surface area contributed by atoms with Crippen LogP contribution in [-0.4, -0.2) is 23.3 Å². The summed E-state index contributed by atoms with van der Waals surface area (Å²) in [5, 5.41) is 4.98. The van der Waals surface area contributed by atoms with Gasteiger partial charge in [-0.3, -0.25) is 0 Å². The van der Waals surface area contributed by atoms with Crippen molar-refractivity contribution in [2.45, 2.75) is 0 Å². The van der Waals surface area contributed by atoms with Gasteiger partial charge < -0.3 is 4.74 Å². The van der Waals surface area contributed by atoms with Crippen molar-refractivity contribution in [3.63, 3.8) is 0 Å². The van der Waals surface area contributed by atoms with Crippen LogP contribution in [0.2, 0.25) is 5.02 Å². The second-order valence-electron chi connectivity index (χ2n) is 6.45. The topological polar surface area (TPSA) is 59.4 Å². The first kappa shape index (κ1) is 19.6. The molecule has 0 aliphatic carbocycles. The van der Waals surface area contributed by atoms with Crippen LogP contribution in [-0.2, 0) is 0 Å². The summed E-state index contributed by atoms with van der Waals surface area (Å²) in [5.41, 5.74) is 7.30. The molecule has 3 aromatic carbocycles. The van der Waals surface area contributed by atoms with Crippen LogP contribution in [0.1, 0.15) is 5.56 Å². The number of aromatic nitrogens is 2. The van der Waals surface area contributed by atoms with E-state index in [1.165, 1.54) is 0 Å². The van der Waals surface area contributed by atoms with Crippen molar-refractivity contribution in [2.24, 2.45) is 5.10 Å². The molecule has 0 aliphatic rings. The van der Waals surface area contributed by atoms with Crippen molar-refractivity contribution in [3.05, 3.63) is 95.5 Å². The molecule has 0 radical (unpaired) electrons. The number of hydrogen-bond donors (Lipinski definition) is 1. The maximum atomic E-state index is 6.03. The first-order chi connectivity index (χ1) is 14.7. The largest absolute Gasteiger partial charge is 0.496 e. The fraction of sp³-hybridized carbons (Fsp3) is 0.0417. The molecule has 5 nitrogen and oxygen atoms in total. The minimum absolute atomic E-state index is 0.396. The van der Waals surface area contributed by atoms with Crippen LogP contribution in [0.3, 0.4) is 0 Å². The van der Waals surface area contributed by atoms with Crippen LogP contribution in [0, 0.1) is 0 Å². The molecule has 4 aromatic rings. The third kappa shape index (κ3) is 4.64. The third-order valence-electron chi connectivity index (χ3n) is 4.44. The Balaban J connectivity index is 1.68. The summed E-state index contributed by atoms with van der Waals surface area (Å²) in [6.07, 6.45) is 1.68. The molecule has 0 fully saturated rings. The van der Waals surface area contributed by atoms with Crippen LogP contribution >= 0.6 is 11.6 Å². The molecule has 0 aliphatic heterocycles. The summed E-state index contributed by atoms with van der Waals surface area (Å²) in [7, 11) is 1.63. The number of anilines is 1. The Bertz CT molecular complexity index is 1160. The lowest BCUT2D eigenvalue weighted by molar-refractivity contribution is 0.414. The molecule has 0 amide bonds. The summed E-state index contributed by atoms with van der Waals surface area (Å²) in [6.45, 7) is 0. The Hall–Kier alpha value is -3.70.